The van der Waals surface area contributed by atoms with Gasteiger partial charge in [0.1, 0.15) is 0 Å². The number of hydrogen-bond donors (Lipinski definition) is 1. The molecule has 2 N–H and O–H groups in total. The van der Waals surface area contributed by atoms with Crippen molar-refractivity contribution in [2.45, 2.75) is 40.2 Å². The zero-order valence-electron chi connectivity index (χ0n) is 11.3. The van der Waals surface area contributed by atoms with Crippen molar-refractivity contribution in [3.63, 3.8) is 0 Å². The summed E-state index contributed by atoms with van der Waals surface area (Å²) >= 11 is 1.41. The number of benzene rings is 1. The first-order valence-corrected chi connectivity index (χ1v) is 6.96. The lowest BCUT2D eigenvalue weighted by Gasteiger charge is -2.16. The molecule has 96 valence electrons. The van der Waals surface area contributed by atoms with E-state index >= 15 is 0 Å². The molecule has 0 saturated carbocycles. The van der Waals surface area contributed by atoms with Gasteiger partial charge in [0.15, 0.2) is 0 Å². The molecule has 18 heavy (non-hydrogen) atoms. The van der Waals surface area contributed by atoms with E-state index in [-0.39, 0.29) is 6.04 Å². The van der Waals surface area contributed by atoms with E-state index in [9.17, 15) is 0 Å². The number of aromatic nitrogens is 2. The van der Waals surface area contributed by atoms with Crippen molar-refractivity contribution >= 4 is 11.5 Å². The Morgan fingerprint density at radius 2 is 1.83 bits per heavy atom. The van der Waals surface area contributed by atoms with E-state index in [0.717, 1.165) is 17.0 Å². The maximum atomic E-state index is 6.39. The molecule has 0 saturated heterocycles. The Morgan fingerprint density at radius 3 is 2.50 bits per heavy atom. The minimum Gasteiger partial charge on any atom is -0.319 e. The molecule has 1 aromatic heterocycles. The van der Waals surface area contributed by atoms with Gasteiger partial charge in [0.25, 0.3) is 0 Å². The second kappa shape index (κ2) is 5.16. The van der Waals surface area contributed by atoms with Crippen LogP contribution in [0.4, 0.5) is 0 Å². The summed E-state index contributed by atoms with van der Waals surface area (Å²) in [7, 11) is 0. The number of nitrogens with two attached hydrogens (primary N) is 1. The maximum absolute atomic E-state index is 6.39. The van der Waals surface area contributed by atoms with E-state index in [0.29, 0.717) is 0 Å². The van der Waals surface area contributed by atoms with Crippen molar-refractivity contribution < 1.29 is 0 Å². The summed E-state index contributed by atoms with van der Waals surface area (Å²) in [5, 5.41) is 4.14. The summed E-state index contributed by atoms with van der Waals surface area (Å²) in [6.07, 6.45) is 0.878. The van der Waals surface area contributed by atoms with Gasteiger partial charge in [-0.05, 0) is 61.0 Å². The summed E-state index contributed by atoms with van der Waals surface area (Å²) in [5.74, 6) is 0. The summed E-state index contributed by atoms with van der Waals surface area (Å²) in [4.78, 5) is 1.09. The highest BCUT2D eigenvalue weighted by atomic mass is 32.1. The molecule has 0 spiro atoms. The first-order valence-electron chi connectivity index (χ1n) is 6.19. The monoisotopic (exact) mass is 261 g/mol. The minimum absolute atomic E-state index is 0.112. The summed E-state index contributed by atoms with van der Waals surface area (Å²) in [6, 6.07) is 4.28. The van der Waals surface area contributed by atoms with Crippen LogP contribution in [0.25, 0.3) is 0 Å². The van der Waals surface area contributed by atoms with Crippen molar-refractivity contribution in [1.82, 2.24) is 9.59 Å². The van der Waals surface area contributed by atoms with Crippen LogP contribution in [-0.2, 0) is 6.42 Å². The minimum atomic E-state index is -0.112. The predicted octanol–water partition coefficient (Wildman–Crippen LogP) is 3.07. The molecule has 0 aliphatic carbocycles. The van der Waals surface area contributed by atoms with Crippen LogP contribution >= 0.6 is 11.5 Å². The lowest BCUT2D eigenvalue weighted by molar-refractivity contribution is 0.844. The molecule has 0 bridgehead atoms. The molecule has 2 rings (SSSR count). The quantitative estimate of drug-likeness (QED) is 0.923. The summed E-state index contributed by atoms with van der Waals surface area (Å²) in [5.41, 5.74) is 12.4. The van der Waals surface area contributed by atoms with Crippen molar-refractivity contribution in [3.05, 3.63) is 45.0 Å². The fourth-order valence-corrected chi connectivity index (χ4v) is 2.91. The molecule has 0 aliphatic heterocycles. The van der Waals surface area contributed by atoms with Gasteiger partial charge < -0.3 is 5.73 Å². The van der Waals surface area contributed by atoms with E-state index < -0.39 is 0 Å². The van der Waals surface area contributed by atoms with Crippen LogP contribution in [0.3, 0.4) is 0 Å². The second-order valence-corrected chi connectivity index (χ2v) is 5.49. The fourth-order valence-electron chi connectivity index (χ4n) is 2.16. The summed E-state index contributed by atoms with van der Waals surface area (Å²) < 4.78 is 4.02. The van der Waals surface area contributed by atoms with Gasteiger partial charge in [-0.15, -0.1) is 5.10 Å². The largest absolute Gasteiger partial charge is 0.319 e. The lowest BCUT2D eigenvalue weighted by Crippen LogP contribution is -2.14. The van der Waals surface area contributed by atoms with Gasteiger partial charge in [0, 0.05) is 0 Å². The number of rotatable bonds is 3. The highest BCUT2D eigenvalue weighted by molar-refractivity contribution is 7.05. The van der Waals surface area contributed by atoms with Gasteiger partial charge in [-0.1, -0.05) is 23.5 Å². The van der Waals surface area contributed by atoms with Crippen LogP contribution < -0.4 is 5.73 Å². The van der Waals surface area contributed by atoms with Crippen LogP contribution in [0.5, 0.6) is 0 Å². The van der Waals surface area contributed by atoms with E-state index in [2.05, 4.69) is 49.4 Å². The van der Waals surface area contributed by atoms with Crippen LogP contribution in [0.15, 0.2) is 12.1 Å². The van der Waals surface area contributed by atoms with Gasteiger partial charge in [-0.2, -0.15) is 0 Å². The third kappa shape index (κ3) is 2.31. The molecule has 2 aromatic rings. The van der Waals surface area contributed by atoms with Crippen LogP contribution in [0.2, 0.25) is 0 Å². The SMILES string of the molecule is CCc1nnsc1C(N)c1cc(C)c(C)cc1C. The van der Waals surface area contributed by atoms with Crippen LogP contribution in [0.1, 0.15) is 45.8 Å². The zero-order chi connectivity index (χ0) is 13.3. The maximum Gasteiger partial charge on any atom is 0.0804 e. The Hall–Kier alpha value is -1.26. The molecule has 0 aliphatic rings. The van der Waals surface area contributed by atoms with Gasteiger partial charge in [0.05, 0.1) is 16.6 Å². The normalized spacial score (nSPS) is 12.7. The Kier molecular flexibility index (Phi) is 3.78. The van der Waals surface area contributed by atoms with Gasteiger partial charge in [-0.25, -0.2) is 0 Å². The number of aryl methyl sites for hydroxylation is 4. The molecule has 1 aromatic carbocycles. The Labute approximate surface area is 112 Å². The van der Waals surface area contributed by atoms with Crippen LogP contribution in [0, 0.1) is 20.8 Å². The molecule has 1 atom stereocenters. The van der Waals surface area contributed by atoms with E-state index in [4.69, 9.17) is 5.73 Å². The molecule has 4 heteroatoms. The Morgan fingerprint density at radius 1 is 1.17 bits per heavy atom. The standard InChI is InChI=1S/C14H19N3S/c1-5-12-14(18-17-16-12)13(15)11-7-9(3)8(2)6-10(11)4/h6-7,13H,5,15H2,1-4H3. The number of nitrogens with zero attached hydrogens (tertiary/aromatic N) is 2. The van der Waals surface area contributed by atoms with Crippen molar-refractivity contribution in [2.75, 3.05) is 0 Å². The van der Waals surface area contributed by atoms with E-state index in [1.165, 1.54) is 33.8 Å². The Bertz CT molecular complexity index is 560. The molecule has 1 heterocycles. The third-order valence-corrected chi connectivity index (χ3v) is 4.27. The fraction of sp³-hybridized carbons (Fsp3) is 0.429. The smallest absolute Gasteiger partial charge is 0.0804 e. The molecule has 1 unspecified atom stereocenters. The predicted molar refractivity (Wildman–Crippen MR) is 76.0 cm³/mol. The van der Waals surface area contributed by atoms with Gasteiger partial charge >= 0.3 is 0 Å². The lowest BCUT2D eigenvalue weighted by atomic mass is 9.95. The first-order chi connectivity index (χ1) is 8.54. The molecular formula is C14H19N3S. The Balaban J connectivity index is 2.46. The van der Waals surface area contributed by atoms with Crippen molar-refractivity contribution in [3.8, 4) is 0 Å². The number of hydrogen-bond acceptors (Lipinski definition) is 4. The molecule has 0 radical (unpaired) electrons. The average molecular weight is 261 g/mol. The highest BCUT2D eigenvalue weighted by Crippen LogP contribution is 2.29. The van der Waals surface area contributed by atoms with Gasteiger partial charge in [0.2, 0.25) is 0 Å². The molecular weight excluding hydrogens is 242 g/mol. The molecule has 0 amide bonds. The van der Waals surface area contributed by atoms with Crippen LogP contribution in [-0.4, -0.2) is 9.59 Å². The van der Waals surface area contributed by atoms with E-state index in [1.54, 1.807) is 0 Å². The average Bonchev–Trinajstić information content (AvgIpc) is 2.81. The topological polar surface area (TPSA) is 51.8 Å². The second-order valence-electron chi connectivity index (χ2n) is 4.71. The summed E-state index contributed by atoms with van der Waals surface area (Å²) in [6.45, 7) is 8.45. The van der Waals surface area contributed by atoms with Crippen molar-refractivity contribution in [2.24, 2.45) is 5.73 Å². The van der Waals surface area contributed by atoms with E-state index in [1.807, 2.05) is 0 Å². The van der Waals surface area contributed by atoms with Gasteiger partial charge in [-0.3, -0.25) is 0 Å². The third-order valence-electron chi connectivity index (χ3n) is 3.42. The zero-order valence-corrected chi connectivity index (χ0v) is 12.1. The van der Waals surface area contributed by atoms with Crippen molar-refractivity contribution in [1.29, 1.82) is 0 Å². The highest BCUT2D eigenvalue weighted by Gasteiger charge is 2.18. The molecule has 0 fully saturated rings. The molecule has 3 nitrogen and oxygen atoms in total. The first kappa shape index (κ1) is 13.2.